The summed E-state index contributed by atoms with van der Waals surface area (Å²) in [5.41, 5.74) is 3.38. The first-order chi connectivity index (χ1) is 7.58. The van der Waals surface area contributed by atoms with E-state index >= 15 is 0 Å². The smallest absolute Gasteiger partial charge is 0.219 e. The van der Waals surface area contributed by atoms with Crippen molar-refractivity contribution in [3.63, 3.8) is 0 Å². The van der Waals surface area contributed by atoms with Gasteiger partial charge in [0.25, 0.3) is 0 Å². The monoisotopic (exact) mass is 219 g/mol. The number of amides is 1. The number of rotatable bonds is 1. The molecule has 16 heavy (non-hydrogen) atoms. The largest absolute Gasteiger partial charge is 0.389 e. The van der Waals surface area contributed by atoms with E-state index in [4.69, 9.17) is 0 Å². The zero-order valence-electron chi connectivity index (χ0n) is 9.73. The second-order valence-corrected chi connectivity index (χ2v) is 4.39. The van der Waals surface area contributed by atoms with Crippen molar-refractivity contribution < 1.29 is 9.90 Å². The van der Waals surface area contributed by atoms with E-state index in [0.29, 0.717) is 6.54 Å². The van der Waals surface area contributed by atoms with E-state index in [9.17, 15) is 9.90 Å². The lowest BCUT2D eigenvalue weighted by Crippen LogP contribution is -2.34. The van der Waals surface area contributed by atoms with Crippen molar-refractivity contribution in [2.75, 3.05) is 6.54 Å². The molecule has 1 amide bonds. The molecule has 86 valence electrons. The summed E-state index contributed by atoms with van der Waals surface area (Å²) in [6.45, 7) is 4.83. The Labute approximate surface area is 95.7 Å². The molecular formula is C13H17NO2. The summed E-state index contributed by atoms with van der Waals surface area (Å²) in [6.07, 6.45) is 0.465. The molecule has 2 rings (SSSR count). The predicted molar refractivity (Wildman–Crippen MR) is 61.9 cm³/mol. The van der Waals surface area contributed by atoms with Crippen molar-refractivity contribution in [3.8, 4) is 0 Å². The Morgan fingerprint density at radius 2 is 2.19 bits per heavy atom. The topological polar surface area (TPSA) is 40.5 Å². The summed E-state index contributed by atoms with van der Waals surface area (Å²) < 4.78 is 0. The molecule has 0 fully saturated rings. The molecule has 1 atom stereocenters. The Bertz CT molecular complexity index is 412. The van der Waals surface area contributed by atoms with Crippen molar-refractivity contribution in [1.82, 2.24) is 4.90 Å². The summed E-state index contributed by atoms with van der Waals surface area (Å²) in [7, 11) is 0. The average molecular weight is 219 g/mol. The number of nitrogens with zero attached hydrogens (tertiary/aromatic N) is 1. The van der Waals surface area contributed by atoms with Crippen molar-refractivity contribution in [1.29, 1.82) is 0 Å². The SMILES string of the molecule is CC(=O)N1CCc2ccc(C(C)O)cc2C1. The van der Waals surface area contributed by atoms with Crippen LogP contribution in [-0.4, -0.2) is 22.5 Å². The molecule has 0 saturated carbocycles. The minimum Gasteiger partial charge on any atom is -0.389 e. The van der Waals surface area contributed by atoms with Crippen molar-refractivity contribution in [3.05, 3.63) is 34.9 Å². The molecule has 1 aliphatic heterocycles. The minimum absolute atomic E-state index is 0.119. The van der Waals surface area contributed by atoms with Gasteiger partial charge in [0.2, 0.25) is 5.91 Å². The van der Waals surface area contributed by atoms with E-state index in [1.807, 2.05) is 17.0 Å². The van der Waals surface area contributed by atoms with E-state index in [-0.39, 0.29) is 5.91 Å². The number of aliphatic hydroxyl groups excluding tert-OH is 1. The molecule has 1 N–H and O–H groups in total. The first-order valence-electron chi connectivity index (χ1n) is 5.63. The number of benzene rings is 1. The molecule has 0 spiro atoms. The molecule has 1 aliphatic rings. The molecule has 1 aromatic rings. The van der Waals surface area contributed by atoms with Gasteiger partial charge in [-0.3, -0.25) is 4.79 Å². The van der Waals surface area contributed by atoms with E-state index in [1.165, 1.54) is 11.1 Å². The fourth-order valence-corrected chi connectivity index (χ4v) is 2.11. The molecule has 1 aromatic carbocycles. The maximum absolute atomic E-state index is 11.3. The third-order valence-corrected chi connectivity index (χ3v) is 3.17. The number of aliphatic hydroxyl groups is 1. The van der Waals surface area contributed by atoms with Gasteiger partial charge in [0.15, 0.2) is 0 Å². The van der Waals surface area contributed by atoms with Crippen LogP contribution in [0.2, 0.25) is 0 Å². The molecule has 0 aromatic heterocycles. The van der Waals surface area contributed by atoms with Crippen LogP contribution in [0, 0.1) is 0 Å². The van der Waals surface area contributed by atoms with Crippen LogP contribution in [0.15, 0.2) is 18.2 Å². The Kier molecular flexibility index (Phi) is 2.97. The van der Waals surface area contributed by atoms with Crippen LogP contribution in [0.25, 0.3) is 0 Å². The third kappa shape index (κ3) is 2.09. The second kappa shape index (κ2) is 4.26. The Balaban J connectivity index is 2.28. The Morgan fingerprint density at radius 1 is 1.44 bits per heavy atom. The van der Waals surface area contributed by atoms with Gasteiger partial charge in [0.1, 0.15) is 0 Å². The van der Waals surface area contributed by atoms with Crippen LogP contribution in [0.4, 0.5) is 0 Å². The van der Waals surface area contributed by atoms with E-state index < -0.39 is 6.10 Å². The van der Waals surface area contributed by atoms with Crippen LogP contribution >= 0.6 is 0 Å². The van der Waals surface area contributed by atoms with Gasteiger partial charge in [-0.2, -0.15) is 0 Å². The molecular weight excluding hydrogens is 202 g/mol. The lowest BCUT2D eigenvalue weighted by Gasteiger charge is -2.28. The molecule has 1 unspecified atom stereocenters. The first kappa shape index (κ1) is 11.1. The number of fused-ring (bicyclic) bond motifs is 1. The van der Waals surface area contributed by atoms with Gasteiger partial charge in [-0.25, -0.2) is 0 Å². The average Bonchev–Trinajstić information content (AvgIpc) is 2.27. The zero-order chi connectivity index (χ0) is 11.7. The van der Waals surface area contributed by atoms with Crippen molar-refractivity contribution >= 4 is 5.91 Å². The molecule has 1 heterocycles. The highest BCUT2D eigenvalue weighted by Crippen LogP contribution is 2.23. The number of carbonyl (C=O) groups is 1. The normalized spacial score (nSPS) is 16.8. The van der Waals surface area contributed by atoms with Crippen LogP contribution < -0.4 is 0 Å². The highest BCUT2D eigenvalue weighted by atomic mass is 16.3. The summed E-state index contributed by atoms with van der Waals surface area (Å²) in [4.78, 5) is 13.1. The van der Waals surface area contributed by atoms with Gasteiger partial charge in [0.05, 0.1) is 6.10 Å². The standard InChI is InChI=1S/C13H17NO2/c1-9(15)12-4-3-11-5-6-14(10(2)16)8-13(11)7-12/h3-4,7,9,15H,5-6,8H2,1-2H3. The van der Waals surface area contributed by atoms with Crippen LogP contribution in [-0.2, 0) is 17.8 Å². The van der Waals surface area contributed by atoms with Crippen molar-refractivity contribution in [2.24, 2.45) is 0 Å². The van der Waals surface area contributed by atoms with E-state index in [2.05, 4.69) is 6.07 Å². The summed E-state index contributed by atoms with van der Waals surface area (Å²) in [5.74, 6) is 0.119. The highest BCUT2D eigenvalue weighted by Gasteiger charge is 2.18. The third-order valence-electron chi connectivity index (χ3n) is 3.17. The van der Waals surface area contributed by atoms with Crippen LogP contribution in [0.3, 0.4) is 0 Å². The van der Waals surface area contributed by atoms with Crippen LogP contribution in [0.1, 0.15) is 36.6 Å². The number of carbonyl (C=O) groups excluding carboxylic acids is 1. The van der Waals surface area contributed by atoms with Gasteiger partial charge in [-0.15, -0.1) is 0 Å². The Morgan fingerprint density at radius 3 is 2.81 bits per heavy atom. The quantitative estimate of drug-likeness (QED) is 0.780. The number of hydrogen-bond donors (Lipinski definition) is 1. The maximum atomic E-state index is 11.3. The van der Waals surface area contributed by atoms with Crippen molar-refractivity contribution in [2.45, 2.75) is 32.9 Å². The van der Waals surface area contributed by atoms with Gasteiger partial charge in [0, 0.05) is 20.0 Å². The lowest BCUT2D eigenvalue weighted by molar-refractivity contribution is -0.129. The fourth-order valence-electron chi connectivity index (χ4n) is 2.11. The molecule has 3 heteroatoms. The molecule has 0 radical (unpaired) electrons. The van der Waals surface area contributed by atoms with E-state index in [0.717, 1.165) is 18.5 Å². The molecule has 0 saturated heterocycles. The summed E-state index contributed by atoms with van der Waals surface area (Å²) in [5, 5.41) is 9.52. The lowest BCUT2D eigenvalue weighted by atomic mass is 9.96. The second-order valence-electron chi connectivity index (χ2n) is 4.39. The summed E-state index contributed by atoms with van der Waals surface area (Å²) >= 11 is 0. The summed E-state index contributed by atoms with van der Waals surface area (Å²) in [6, 6.07) is 6.04. The van der Waals surface area contributed by atoms with Gasteiger partial charge < -0.3 is 10.0 Å². The predicted octanol–water partition coefficient (Wildman–Crippen LogP) is 1.64. The Hall–Kier alpha value is -1.35. The van der Waals surface area contributed by atoms with Gasteiger partial charge >= 0.3 is 0 Å². The van der Waals surface area contributed by atoms with Gasteiger partial charge in [-0.05, 0) is 30.0 Å². The first-order valence-corrected chi connectivity index (χ1v) is 5.63. The van der Waals surface area contributed by atoms with Gasteiger partial charge in [-0.1, -0.05) is 18.2 Å². The number of hydrogen-bond acceptors (Lipinski definition) is 2. The zero-order valence-corrected chi connectivity index (χ0v) is 9.73. The molecule has 0 aliphatic carbocycles. The fraction of sp³-hybridized carbons (Fsp3) is 0.462. The highest BCUT2D eigenvalue weighted by molar-refractivity contribution is 5.73. The minimum atomic E-state index is -0.446. The molecule has 0 bridgehead atoms. The molecule has 3 nitrogen and oxygen atoms in total. The van der Waals surface area contributed by atoms with Crippen LogP contribution in [0.5, 0.6) is 0 Å². The van der Waals surface area contributed by atoms with E-state index in [1.54, 1.807) is 13.8 Å². The maximum Gasteiger partial charge on any atom is 0.219 e.